The second-order valence-electron chi connectivity index (χ2n) is 32.2. The minimum Gasteiger partial charge on any atom is -0.481 e. The fourth-order valence-electron chi connectivity index (χ4n) is 14.4. The van der Waals surface area contributed by atoms with Gasteiger partial charge in [-0.3, -0.25) is 29.2 Å². The summed E-state index contributed by atoms with van der Waals surface area (Å²) in [6, 6.07) is 87.3. The zero-order valence-corrected chi connectivity index (χ0v) is 87.3. The van der Waals surface area contributed by atoms with E-state index in [-0.39, 0.29) is 45.9 Å². The number of hydrogen-bond donors (Lipinski definition) is 5. The molecule has 0 bridgehead atoms. The molecule has 1 amide bonds. The Hall–Kier alpha value is -15.5. The van der Waals surface area contributed by atoms with Gasteiger partial charge in [-0.15, -0.1) is 11.3 Å². The molecule has 0 unspecified atom stereocenters. The van der Waals surface area contributed by atoms with Gasteiger partial charge in [0.15, 0.2) is 35.3 Å². The Bertz CT molecular complexity index is 7780. The number of amides is 1. The molecule has 17 rings (SSSR count). The van der Waals surface area contributed by atoms with Crippen molar-refractivity contribution >= 4 is 100 Å². The van der Waals surface area contributed by atoms with Crippen LogP contribution in [0.2, 0.25) is 0 Å². The van der Waals surface area contributed by atoms with Gasteiger partial charge >= 0.3 is 5.97 Å². The molecule has 0 aliphatic carbocycles. The second kappa shape index (κ2) is 51.0. The Morgan fingerprint density at radius 3 is 1.26 bits per heavy atom. The number of aliphatic carboxylic acids is 1. The maximum Gasteiger partial charge on any atom is 0.303 e. The fourth-order valence-corrected chi connectivity index (χ4v) is 18.5. The number of carbonyl (C=O) groups is 2. The first-order valence-electron chi connectivity index (χ1n) is 45.4. The Balaban J connectivity index is 0.000000178. The van der Waals surface area contributed by atoms with Crippen LogP contribution in [0.1, 0.15) is 98.5 Å². The minimum atomic E-state index is -3.52. The van der Waals surface area contributed by atoms with Gasteiger partial charge in [-0.05, 0) is 167 Å². The lowest BCUT2D eigenvalue weighted by atomic mass is 9.98. The number of aryl methyl sites for hydroxylation is 5. The van der Waals surface area contributed by atoms with Crippen molar-refractivity contribution in [3.8, 4) is 101 Å². The van der Waals surface area contributed by atoms with E-state index in [4.69, 9.17) is 27.9 Å². The number of nitrogens with one attached hydrogen (secondary N) is 4. The number of aromatic amines is 1. The number of thiophene rings is 1. The number of nitro groups is 1. The monoisotopic (exact) mass is 2080 g/mol. The standard InChI is InChI=1S/C21H24N4O4S.C18H17NO3S.C17H16N2O3S.2C17H15NO3S.C13H12N2O5S.2C2H6/c1-12(4-9-19(26)27)22-21(29)17-7-8-18(30-17)25(3)11-14-5-6-16-15(10-14)20(28)24-13(2)23-16;1-3-16-17(13-9-11-15(12-10-13)23(2,20)21)18(19-22-16)14-7-5-4-6-8-14;1-12-16(17(19-22-12)14-6-4-3-5-7-14)13-8-10-15(11-9-13)23(20,21)18-2;2*1-12-16(13-8-10-15(11-9-13)22(2,19)20)17(18-21-12)14-6-4-3-5-7-14;1-21(18,19)14-12-8-7-10(15(16)17)9-13(12)20-11-5-3-2-4-6-11;2*1-2/h5-8,10,12H,4,9,11H2,1-3H3,(H,22,29)(H,26,27)(H,23,24,28);4-12H,3H2,1-2H3;3-11,18H,1-2H3;2*3-11H,1-2H3;2-9,14H,1H3;2*1-2H3/t12-;;;;;;;/m1......./s1. The van der Waals surface area contributed by atoms with E-state index in [1.165, 1.54) is 55.4 Å². The zero-order valence-electron chi connectivity index (χ0n) is 82.4. The molecular weight excluding hydrogens is 1970 g/mol. The van der Waals surface area contributed by atoms with E-state index in [2.05, 4.69) is 45.4 Å². The molecule has 145 heavy (non-hydrogen) atoms. The first kappa shape index (κ1) is 112. The van der Waals surface area contributed by atoms with E-state index >= 15 is 0 Å². The topological polar surface area (TPSA) is 467 Å². The highest BCUT2D eigenvalue weighted by molar-refractivity contribution is 7.92. The molecule has 756 valence electrons. The van der Waals surface area contributed by atoms with Crippen molar-refractivity contribution in [2.45, 2.75) is 121 Å². The van der Waals surface area contributed by atoms with Gasteiger partial charge in [0, 0.05) is 79.6 Å². The first-order valence-corrected chi connectivity index (χ1v) is 55.3. The van der Waals surface area contributed by atoms with Crippen molar-refractivity contribution < 1.29 is 84.5 Å². The number of carbonyl (C=O) groups excluding carboxylic acids is 1. The summed E-state index contributed by atoms with van der Waals surface area (Å²) in [5.41, 5.74) is 15.3. The van der Waals surface area contributed by atoms with E-state index in [0.717, 1.165) is 112 Å². The quantitative estimate of drug-likeness (QED) is 0.0236. The summed E-state index contributed by atoms with van der Waals surface area (Å²) in [6.45, 7) is 19.6. The van der Waals surface area contributed by atoms with Crippen LogP contribution in [0.4, 0.5) is 16.4 Å². The molecule has 6 aromatic heterocycles. The van der Waals surface area contributed by atoms with E-state index in [1.807, 2.05) is 213 Å². The van der Waals surface area contributed by atoms with E-state index in [9.17, 15) is 66.6 Å². The average molecular weight is 2080 g/mol. The molecule has 0 spiro atoms. The maximum absolute atomic E-state index is 12.4. The van der Waals surface area contributed by atoms with Crippen LogP contribution in [0.15, 0.2) is 340 Å². The third-order valence-corrected chi connectivity index (χ3v) is 28.0. The summed E-state index contributed by atoms with van der Waals surface area (Å²) in [4.78, 5) is 56.2. The van der Waals surface area contributed by atoms with Crippen molar-refractivity contribution in [2.75, 3.05) is 48.7 Å². The van der Waals surface area contributed by atoms with Crippen LogP contribution in [0, 0.1) is 37.8 Å². The Kier molecular flexibility index (Phi) is 39.2. The minimum absolute atomic E-state index is 0.0174. The number of carboxylic acid groups (broad SMARTS) is 1. The van der Waals surface area contributed by atoms with Gasteiger partial charge in [-0.25, -0.2) is 51.8 Å². The number of sulfone groups is 3. The predicted octanol–water partition coefficient (Wildman–Crippen LogP) is 22.4. The van der Waals surface area contributed by atoms with Crippen molar-refractivity contribution in [1.29, 1.82) is 0 Å². The van der Waals surface area contributed by atoms with Crippen LogP contribution in [0.5, 0.6) is 11.5 Å². The smallest absolute Gasteiger partial charge is 0.303 e. The lowest BCUT2D eigenvalue weighted by molar-refractivity contribution is -0.384. The molecule has 38 heteroatoms. The number of ether oxygens (including phenoxy) is 1. The van der Waals surface area contributed by atoms with Crippen LogP contribution in [-0.2, 0) is 67.3 Å². The van der Waals surface area contributed by atoms with Crippen LogP contribution in [0.25, 0.3) is 100 Å². The number of benzene rings is 11. The number of carboxylic acids is 1. The number of anilines is 2. The van der Waals surface area contributed by atoms with Crippen LogP contribution < -0.4 is 30.0 Å². The largest absolute Gasteiger partial charge is 0.481 e. The molecule has 0 saturated carbocycles. The number of H-pyrrole nitrogens is 1. The zero-order chi connectivity index (χ0) is 106. The molecular formula is C107H111N11O21S6. The predicted molar refractivity (Wildman–Crippen MR) is 567 cm³/mol. The Morgan fingerprint density at radius 1 is 0.497 bits per heavy atom. The molecule has 6 heterocycles. The number of aromatic nitrogens is 6. The van der Waals surface area contributed by atoms with E-state index in [1.54, 1.807) is 147 Å². The summed E-state index contributed by atoms with van der Waals surface area (Å²) < 4.78 is 147. The molecule has 1 atom stereocenters. The van der Waals surface area contributed by atoms with E-state index < -0.39 is 60.5 Å². The number of rotatable bonds is 27. The van der Waals surface area contributed by atoms with Gasteiger partial charge in [0.1, 0.15) is 57.4 Å². The van der Waals surface area contributed by atoms with Crippen LogP contribution in [-0.4, -0.2) is 140 Å². The van der Waals surface area contributed by atoms with Gasteiger partial charge in [-0.1, -0.05) is 249 Å². The van der Waals surface area contributed by atoms with Crippen molar-refractivity contribution in [2.24, 2.45) is 0 Å². The van der Waals surface area contributed by atoms with Gasteiger partial charge in [0.25, 0.3) is 17.2 Å². The Morgan fingerprint density at radius 2 is 0.883 bits per heavy atom. The van der Waals surface area contributed by atoms with Gasteiger partial charge in [0.05, 0.1) is 85.5 Å². The van der Waals surface area contributed by atoms with Crippen LogP contribution >= 0.6 is 11.3 Å². The normalized spacial score (nSPS) is 11.3. The highest BCUT2D eigenvalue weighted by Crippen LogP contribution is 2.41. The molecule has 0 saturated heterocycles. The van der Waals surface area contributed by atoms with Gasteiger partial charge < -0.3 is 43.1 Å². The average Bonchev–Trinajstić information content (AvgIpc) is 1.58. The molecule has 0 aliphatic heterocycles. The molecule has 5 N–H and O–H groups in total. The number of fused-ring (bicyclic) bond motifs is 1. The number of sulfonamides is 2. The van der Waals surface area contributed by atoms with Crippen LogP contribution in [0.3, 0.4) is 0 Å². The van der Waals surface area contributed by atoms with Gasteiger partial charge in [-0.2, -0.15) is 0 Å². The number of para-hydroxylation sites is 1. The summed E-state index contributed by atoms with van der Waals surface area (Å²) in [6.07, 6.45) is 5.69. The molecule has 0 aliphatic rings. The molecule has 32 nitrogen and oxygen atoms in total. The highest BCUT2D eigenvalue weighted by atomic mass is 32.2. The van der Waals surface area contributed by atoms with Crippen molar-refractivity contribution in [1.82, 2.24) is 40.6 Å². The van der Waals surface area contributed by atoms with Crippen molar-refractivity contribution in [3.63, 3.8) is 0 Å². The first-order chi connectivity index (χ1) is 69.0. The third-order valence-electron chi connectivity index (χ3n) is 21.4. The SMILES string of the molecule is CC.CC.CCc1onc(-c2ccccc2)c1-c1ccc(S(C)(=O)=O)cc1.CNS(=O)(=O)c1ccc(-c2c(-c3ccccc3)noc2C)cc1.CS(=O)(=O)Nc1ccc([N+](=O)[O-])cc1Oc1ccccc1.Cc1nc2ccc(CN(C)c3ccc(C(=O)N[C@H](C)CCC(=O)O)s3)cc2c(=O)[nH]1.Cc1onc(-c2ccccc2)c1-c1ccc(S(C)(=O)=O)cc1.Cc1onc(-c2ccccc2)c1-c1ccc(S(C)(=O)=O)cc1. The summed E-state index contributed by atoms with van der Waals surface area (Å²) in [5, 5.41) is 40.5. The molecule has 0 fully saturated rings. The van der Waals surface area contributed by atoms with Crippen molar-refractivity contribution in [3.05, 3.63) is 357 Å². The summed E-state index contributed by atoms with van der Waals surface area (Å²) in [5.74, 6) is 2.87. The number of non-ortho nitro benzene ring substituents is 1. The molecule has 11 aromatic carbocycles. The number of nitro benzene ring substituents is 1. The molecule has 0 radical (unpaired) electrons. The van der Waals surface area contributed by atoms with Gasteiger partial charge in [0.2, 0.25) is 20.0 Å². The fraction of sp³-hybridized carbons (Fsp3) is 0.196. The summed E-state index contributed by atoms with van der Waals surface area (Å²) >= 11 is 1.36. The summed E-state index contributed by atoms with van der Waals surface area (Å²) in [7, 11) is -13.3. The Labute approximate surface area is 846 Å². The lowest BCUT2D eigenvalue weighted by Crippen LogP contribution is -2.32. The second-order valence-corrected chi connectivity index (χ2v) is 42.9. The third kappa shape index (κ3) is 30.8. The lowest BCUT2D eigenvalue weighted by Gasteiger charge is -2.17. The maximum atomic E-state index is 12.4. The number of nitrogens with zero attached hydrogens (tertiary/aromatic N) is 7. The molecule has 17 aromatic rings. The highest BCUT2D eigenvalue weighted by Gasteiger charge is 2.26. The number of hydrogen-bond acceptors (Lipinski definition) is 27. The van der Waals surface area contributed by atoms with E-state index in [0.29, 0.717) is 78.7 Å².